The van der Waals surface area contributed by atoms with Crippen LogP contribution < -0.4 is 16.4 Å². The van der Waals surface area contributed by atoms with Gasteiger partial charge in [-0.15, -0.1) is 12.3 Å². The van der Waals surface area contributed by atoms with Gasteiger partial charge < -0.3 is 16.4 Å². The molecule has 1 amide bonds. The van der Waals surface area contributed by atoms with E-state index in [1.54, 1.807) is 0 Å². The summed E-state index contributed by atoms with van der Waals surface area (Å²) in [6.45, 7) is 5.43. The van der Waals surface area contributed by atoms with Crippen molar-refractivity contribution in [3.05, 3.63) is 4.88 Å². The number of hydrogen-bond acceptors (Lipinski definition) is 5. The van der Waals surface area contributed by atoms with Crippen molar-refractivity contribution in [2.45, 2.75) is 20.3 Å². The molecule has 0 bridgehead atoms. The molecule has 0 radical (unpaired) electrons. The second-order valence-electron chi connectivity index (χ2n) is 4.22. The van der Waals surface area contributed by atoms with Gasteiger partial charge in [0.25, 0.3) is 5.91 Å². The Kier molecular flexibility index (Phi) is 5.46. The third kappa shape index (κ3) is 4.26. The van der Waals surface area contributed by atoms with Gasteiger partial charge in [-0.2, -0.15) is 0 Å². The van der Waals surface area contributed by atoms with Gasteiger partial charge in [-0.3, -0.25) is 4.79 Å². The number of aromatic nitrogens is 1. The summed E-state index contributed by atoms with van der Waals surface area (Å²) in [4.78, 5) is 16.3. The number of amides is 1. The lowest BCUT2D eigenvalue weighted by atomic mass is 10.2. The zero-order valence-electron chi connectivity index (χ0n) is 10.6. The minimum absolute atomic E-state index is 0.224. The van der Waals surface area contributed by atoms with E-state index in [1.807, 2.05) is 0 Å². The van der Waals surface area contributed by atoms with Crippen LogP contribution in [0, 0.1) is 18.3 Å². The lowest BCUT2D eigenvalue weighted by molar-refractivity contribution is 0.0959. The van der Waals surface area contributed by atoms with E-state index in [-0.39, 0.29) is 11.7 Å². The summed E-state index contributed by atoms with van der Waals surface area (Å²) < 4.78 is 0. The highest BCUT2D eigenvalue weighted by Gasteiger charge is 2.15. The number of nitrogens with two attached hydrogens (primary N) is 1. The molecule has 0 aliphatic carbocycles. The zero-order valence-corrected chi connectivity index (χ0v) is 11.4. The molecule has 5 nitrogen and oxygen atoms in total. The minimum atomic E-state index is -0.224. The Balaban J connectivity index is 2.60. The maximum Gasteiger partial charge on any atom is 0.265 e. The Labute approximate surface area is 111 Å². The summed E-state index contributed by atoms with van der Waals surface area (Å²) in [5.74, 6) is 2.99. The molecule has 0 saturated heterocycles. The highest BCUT2D eigenvalue weighted by Crippen LogP contribution is 2.24. The van der Waals surface area contributed by atoms with Crippen molar-refractivity contribution in [2.75, 3.05) is 24.1 Å². The first-order valence-electron chi connectivity index (χ1n) is 5.76. The monoisotopic (exact) mass is 266 g/mol. The highest BCUT2D eigenvalue weighted by molar-refractivity contribution is 7.18. The van der Waals surface area contributed by atoms with Gasteiger partial charge in [-0.25, -0.2) is 4.98 Å². The average molecular weight is 266 g/mol. The molecule has 4 N–H and O–H groups in total. The molecule has 1 aromatic rings. The molecule has 0 aromatic carbocycles. The SMILES string of the molecule is C#CCCNC(=O)c1sc(NCC(C)C)nc1N. The number of nitrogens with zero attached hydrogens (tertiary/aromatic N) is 1. The predicted molar refractivity (Wildman–Crippen MR) is 75.6 cm³/mol. The number of nitrogens with one attached hydrogen (secondary N) is 2. The van der Waals surface area contributed by atoms with Gasteiger partial charge in [-0.1, -0.05) is 25.2 Å². The summed E-state index contributed by atoms with van der Waals surface area (Å²) >= 11 is 1.26. The Morgan fingerprint density at radius 1 is 1.61 bits per heavy atom. The van der Waals surface area contributed by atoms with E-state index in [0.29, 0.717) is 28.9 Å². The van der Waals surface area contributed by atoms with Crippen LogP contribution in [0.25, 0.3) is 0 Å². The van der Waals surface area contributed by atoms with Gasteiger partial charge in [0, 0.05) is 19.5 Å². The fourth-order valence-corrected chi connectivity index (χ4v) is 2.00. The number of hydrogen-bond donors (Lipinski definition) is 3. The zero-order chi connectivity index (χ0) is 13.5. The predicted octanol–water partition coefficient (Wildman–Crippen LogP) is 1.55. The smallest absolute Gasteiger partial charge is 0.265 e. The summed E-state index contributed by atoms with van der Waals surface area (Å²) in [6, 6.07) is 0. The van der Waals surface area contributed by atoms with Crippen LogP contribution in [-0.4, -0.2) is 24.0 Å². The molecule has 0 saturated carbocycles. The molecule has 18 heavy (non-hydrogen) atoms. The number of carbonyl (C=O) groups is 1. The van der Waals surface area contributed by atoms with Crippen molar-refractivity contribution in [1.82, 2.24) is 10.3 Å². The fourth-order valence-electron chi connectivity index (χ4n) is 1.19. The Morgan fingerprint density at radius 3 is 2.94 bits per heavy atom. The van der Waals surface area contributed by atoms with Crippen LogP contribution in [0.15, 0.2) is 0 Å². The molecule has 0 aliphatic rings. The molecule has 6 heteroatoms. The first kappa shape index (κ1) is 14.3. The first-order valence-corrected chi connectivity index (χ1v) is 6.58. The van der Waals surface area contributed by atoms with Gasteiger partial charge >= 0.3 is 0 Å². The van der Waals surface area contributed by atoms with E-state index >= 15 is 0 Å². The number of anilines is 2. The van der Waals surface area contributed by atoms with Crippen LogP contribution in [0.2, 0.25) is 0 Å². The number of nitrogen functional groups attached to an aromatic ring is 1. The lowest BCUT2D eigenvalue weighted by Gasteiger charge is -2.04. The van der Waals surface area contributed by atoms with Gasteiger partial charge in [0.15, 0.2) is 5.13 Å². The maximum absolute atomic E-state index is 11.8. The van der Waals surface area contributed by atoms with Crippen LogP contribution >= 0.6 is 11.3 Å². The highest BCUT2D eigenvalue weighted by atomic mass is 32.1. The van der Waals surface area contributed by atoms with Crippen molar-refractivity contribution < 1.29 is 4.79 Å². The number of carbonyl (C=O) groups excluding carboxylic acids is 1. The van der Waals surface area contributed by atoms with E-state index in [1.165, 1.54) is 11.3 Å². The standard InChI is InChI=1S/C12H18N4OS/c1-4-5-6-14-11(17)9-10(13)16-12(18-9)15-7-8(2)3/h1,8H,5-7,13H2,2-3H3,(H,14,17)(H,15,16). The topological polar surface area (TPSA) is 80.0 Å². The van der Waals surface area contributed by atoms with Crippen LogP contribution in [0.4, 0.5) is 10.9 Å². The molecule has 1 heterocycles. The quantitative estimate of drug-likeness (QED) is 0.539. The van der Waals surface area contributed by atoms with E-state index in [0.717, 1.165) is 6.54 Å². The summed E-state index contributed by atoms with van der Waals surface area (Å²) in [7, 11) is 0. The second kappa shape index (κ2) is 6.87. The maximum atomic E-state index is 11.8. The Morgan fingerprint density at radius 2 is 2.33 bits per heavy atom. The first-order chi connectivity index (χ1) is 8.54. The third-order valence-corrected chi connectivity index (χ3v) is 3.10. The molecule has 98 valence electrons. The van der Waals surface area contributed by atoms with Crippen LogP contribution in [0.1, 0.15) is 29.9 Å². The van der Waals surface area contributed by atoms with Gasteiger partial charge in [0.05, 0.1) is 0 Å². The Hall–Kier alpha value is -1.74. The van der Waals surface area contributed by atoms with E-state index in [9.17, 15) is 4.79 Å². The van der Waals surface area contributed by atoms with Gasteiger partial charge in [-0.05, 0) is 5.92 Å². The van der Waals surface area contributed by atoms with Crippen molar-refractivity contribution >= 4 is 28.2 Å². The van der Waals surface area contributed by atoms with Gasteiger partial charge in [0.2, 0.25) is 0 Å². The molecular weight excluding hydrogens is 248 g/mol. The third-order valence-electron chi connectivity index (χ3n) is 2.08. The molecule has 0 atom stereocenters. The molecule has 1 rings (SSSR count). The number of rotatable bonds is 6. The van der Waals surface area contributed by atoms with Crippen molar-refractivity contribution in [3.8, 4) is 12.3 Å². The normalized spacial score (nSPS) is 10.1. The molecule has 1 aromatic heterocycles. The minimum Gasteiger partial charge on any atom is -0.382 e. The molecule has 0 unspecified atom stereocenters. The molecule has 0 spiro atoms. The molecule has 0 fully saturated rings. The van der Waals surface area contributed by atoms with E-state index < -0.39 is 0 Å². The summed E-state index contributed by atoms with van der Waals surface area (Å²) in [5.41, 5.74) is 5.71. The van der Waals surface area contributed by atoms with Crippen molar-refractivity contribution in [1.29, 1.82) is 0 Å². The van der Waals surface area contributed by atoms with E-state index in [2.05, 4.69) is 35.4 Å². The van der Waals surface area contributed by atoms with Crippen molar-refractivity contribution in [3.63, 3.8) is 0 Å². The number of thiazole rings is 1. The lowest BCUT2D eigenvalue weighted by Crippen LogP contribution is -2.24. The van der Waals surface area contributed by atoms with Gasteiger partial charge in [0.1, 0.15) is 10.7 Å². The largest absolute Gasteiger partial charge is 0.382 e. The van der Waals surface area contributed by atoms with Crippen molar-refractivity contribution in [2.24, 2.45) is 5.92 Å². The molecule has 0 aliphatic heterocycles. The summed E-state index contributed by atoms with van der Waals surface area (Å²) in [5, 5.41) is 6.51. The second-order valence-corrected chi connectivity index (χ2v) is 5.22. The fraction of sp³-hybridized carbons (Fsp3) is 0.500. The number of terminal acetylenes is 1. The van der Waals surface area contributed by atoms with Crippen LogP contribution in [-0.2, 0) is 0 Å². The average Bonchev–Trinajstić information content (AvgIpc) is 2.68. The Bertz CT molecular complexity index is 447. The summed E-state index contributed by atoms with van der Waals surface area (Å²) in [6.07, 6.45) is 5.61. The molecular formula is C12H18N4OS. The van der Waals surface area contributed by atoms with Crippen LogP contribution in [0.5, 0.6) is 0 Å². The van der Waals surface area contributed by atoms with Crippen LogP contribution in [0.3, 0.4) is 0 Å². The van der Waals surface area contributed by atoms with E-state index in [4.69, 9.17) is 12.2 Å².